The van der Waals surface area contributed by atoms with E-state index < -0.39 is 45.6 Å². The smallest absolute Gasteiger partial charge is 0.413 e. The van der Waals surface area contributed by atoms with Crippen LogP contribution >= 0.6 is 0 Å². The summed E-state index contributed by atoms with van der Waals surface area (Å²) < 4.78 is 37.6. The highest BCUT2D eigenvalue weighted by Gasteiger charge is 2.49. The predicted molar refractivity (Wildman–Crippen MR) is 136 cm³/mol. The Kier molecular flexibility index (Phi) is 7.28. The van der Waals surface area contributed by atoms with Crippen molar-refractivity contribution in [3.63, 3.8) is 0 Å². The fraction of sp³-hybridized carbons (Fsp3) is 0.583. The number of hydrogen-bond donors (Lipinski definition) is 1. The first-order valence-corrected chi connectivity index (χ1v) is 16.1. The summed E-state index contributed by atoms with van der Waals surface area (Å²) in [5, 5.41) is 2.66. The van der Waals surface area contributed by atoms with Gasteiger partial charge in [-0.2, -0.15) is 0 Å². The fourth-order valence-corrected chi connectivity index (χ4v) is 6.26. The van der Waals surface area contributed by atoms with Gasteiger partial charge in [0.05, 0.1) is 15.5 Å². The van der Waals surface area contributed by atoms with E-state index in [0.717, 1.165) is 0 Å². The number of nitrogens with zero attached hydrogens (tertiary/aromatic N) is 2. The van der Waals surface area contributed by atoms with Gasteiger partial charge in [-0.1, -0.05) is 25.6 Å². The van der Waals surface area contributed by atoms with Crippen molar-refractivity contribution in [3.05, 3.63) is 35.1 Å². The number of carbonyl (C=O) groups is 1. The van der Waals surface area contributed by atoms with E-state index in [9.17, 15) is 9.00 Å². The first-order chi connectivity index (χ1) is 14.8. The van der Waals surface area contributed by atoms with E-state index in [-0.39, 0.29) is 17.2 Å². The van der Waals surface area contributed by atoms with Gasteiger partial charge in [0.15, 0.2) is 0 Å². The highest BCUT2D eigenvalue weighted by atomic mass is 32.2. The standard InChI is InChI=1S/C24H36FN3O3SSi/c1-22(2,3)31-21(29)27-20-23(4,5)32(30,26-7)16-24(6,28-20)18-15-17(11-12-19(18)25)13-14-33(8,9)10/h11-12,15H,16H2,1-10H3,(H,27,28,29)/t24-,32+/m0/s1. The number of halogens is 1. The number of aliphatic imine (C=N–C) groups is 1. The number of rotatable bonds is 1. The van der Waals surface area contributed by atoms with Crippen LogP contribution in [0.4, 0.5) is 9.18 Å². The zero-order valence-electron chi connectivity index (χ0n) is 21.3. The van der Waals surface area contributed by atoms with E-state index in [4.69, 9.17) is 9.73 Å². The third-order valence-electron chi connectivity index (χ3n) is 5.25. The van der Waals surface area contributed by atoms with Crippen LogP contribution in [0.1, 0.15) is 52.7 Å². The third kappa shape index (κ3) is 6.24. The highest BCUT2D eigenvalue weighted by Crippen LogP contribution is 2.39. The quantitative estimate of drug-likeness (QED) is 0.437. The summed E-state index contributed by atoms with van der Waals surface area (Å²) in [7, 11) is -3.09. The van der Waals surface area contributed by atoms with E-state index >= 15 is 4.39 Å². The van der Waals surface area contributed by atoms with E-state index in [1.807, 2.05) is 0 Å². The Labute approximate surface area is 199 Å². The minimum atomic E-state index is -2.94. The van der Waals surface area contributed by atoms with Crippen LogP contribution in [0.25, 0.3) is 0 Å². The van der Waals surface area contributed by atoms with E-state index in [2.05, 4.69) is 40.8 Å². The van der Waals surface area contributed by atoms with Gasteiger partial charge < -0.3 is 4.74 Å². The maximum atomic E-state index is 15.1. The average molecular weight is 494 g/mol. The topological polar surface area (TPSA) is 80.1 Å². The molecule has 0 unspecified atom stereocenters. The molecule has 1 N–H and O–H groups in total. The van der Waals surface area contributed by atoms with Gasteiger partial charge in [-0.25, -0.2) is 17.8 Å². The average Bonchev–Trinajstić information content (AvgIpc) is 2.63. The van der Waals surface area contributed by atoms with Crippen molar-refractivity contribution in [1.82, 2.24) is 5.32 Å². The van der Waals surface area contributed by atoms with E-state index in [1.165, 1.54) is 13.1 Å². The van der Waals surface area contributed by atoms with Crippen molar-refractivity contribution in [2.75, 3.05) is 12.8 Å². The molecule has 33 heavy (non-hydrogen) atoms. The molecule has 1 aromatic carbocycles. The van der Waals surface area contributed by atoms with Crippen LogP contribution in [0, 0.1) is 17.3 Å². The van der Waals surface area contributed by atoms with Crippen LogP contribution in [0.3, 0.4) is 0 Å². The van der Waals surface area contributed by atoms with Crippen LogP contribution in [0.5, 0.6) is 0 Å². The van der Waals surface area contributed by atoms with E-state index in [1.54, 1.807) is 53.7 Å². The summed E-state index contributed by atoms with van der Waals surface area (Å²) in [4.78, 5) is 17.3. The second-order valence-electron chi connectivity index (χ2n) is 11.0. The molecular weight excluding hydrogens is 457 g/mol. The maximum Gasteiger partial charge on any atom is 0.413 e. The molecule has 0 saturated heterocycles. The van der Waals surface area contributed by atoms with Crippen molar-refractivity contribution in [1.29, 1.82) is 0 Å². The number of ether oxygens (including phenoxy) is 1. The van der Waals surface area contributed by atoms with Crippen molar-refractivity contribution in [3.8, 4) is 11.5 Å². The minimum absolute atomic E-state index is 0.00478. The van der Waals surface area contributed by atoms with E-state index in [0.29, 0.717) is 5.56 Å². The molecule has 2 rings (SSSR count). The fourth-order valence-electron chi connectivity index (χ4n) is 3.41. The van der Waals surface area contributed by atoms with Gasteiger partial charge in [-0.15, -0.1) is 5.54 Å². The van der Waals surface area contributed by atoms with Gasteiger partial charge >= 0.3 is 6.09 Å². The first-order valence-electron chi connectivity index (χ1n) is 10.9. The summed E-state index contributed by atoms with van der Waals surface area (Å²) in [6, 6.07) is 4.65. The van der Waals surface area contributed by atoms with Gasteiger partial charge in [0, 0.05) is 18.2 Å². The van der Waals surface area contributed by atoms with Crippen LogP contribution in [0.2, 0.25) is 19.6 Å². The molecule has 6 nitrogen and oxygen atoms in total. The monoisotopic (exact) mass is 493 g/mol. The molecule has 9 heteroatoms. The Bertz CT molecular complexity index is 1160. The molecule has 1 aromatic rings. The number of alkyl carbamates (subject to hydrolysis) is 1. The SMILES string of the molecule is CN=[S@@]1(=O)C[C@@](C)(c2cc(C#C[Si](C)(C)C)ccc2F)N=C(NC(=O)OC(C)(C)C)C1(C)C. The first kappa shape index (κ1) is 27.1. The molecule has 0 aromatic heterocycles. The molecule has 1 amide bonds. The van der Waals surface area contributed by atoms with Crippen LogP contribution < -0.4 is 5.32 Å². The molecule has 0 bridgehead atoms. The van der Waals surface area contributed by atoms with Crippen molar-refractivity contribution in [2.45, 2.75) is 77.1 Å². The normalized spacial score (nSPS) is 24.8. The molecule has 1 aliphatic heterocycles. The molecule has 0 spiro atoms. The van der Waals surface area contributed by atoms with Gasteiger partial charge in [0.1, 0.15) is 35.6 Å². The second-order valence-corrected chi connectivity index (χ2v) is 18.7. The molecule has 0 fully saturated rings. The van der Waals surface area contributed by atoms with Crippen molar-refractivity contribution < 1.29 is 18.1 Å². The number of nitrogens with one attached hydrogen (secondary N) is 1. The largest absolute Gasteiger partial charge is 0.444 e. The summed E-state index contributed by atoms with van der Waals surface area (Å²) in [6.07, 6.45) is -0.716. The summed E-state index contributed by atoms with van der Waals surface area (Å²) >= 11 is 0. The number of amides is 1. The molecule has 0 saturated carbocycles. The minimum Gasteiger partial charge on any atom is -0.444 e. The number of hydrogen-bond acceptors (Lipinski definition) is 5. The molecule has 182 valence electrons. The summed E-state index contributed by atoms with van der Waals surface area (Å²) in [6.45, 7) is 16.8. The van der Waals surface area contributed by atoms with Crippen molar-refractivity contribution >= 4 is 29.7 Å². The van der Waals surface area contributed by atoms with Crippen LogP contribution in [0.15, 0.2) is 27.6 Å². The van der Waals surface area contributed by atoms with Crippen LogP contribution in [-0.2, 0) is 20.0 Å². The Balaban J connectivity index is 2.67. The lowest BCUT2D eigenvalue weighted by molar-refractivity contribution is 0.0560. The number of benzene rings is 1. The molecule has 0 aliphatic carbocycles. The van der Waals surface area contributed by atoms with Crippen molar-refractivity contribution in [2.24, 2.45) is 9.36 Å². The molecule has 0 radical (unpaired) electrons. The Morgan fingerprint density at radius 1 is 1.27 bits per heavy atom. The van der Waals surface area contributed by atoms with Gasteiger partial charge in [-0.3, -0.25) is 10.3 Å². The zero-order valence-corrected chi connectivity index (χ0v) is 23.2. The summed E-state index contributed by atoms with van der Waals surface area (Å²) in [5.74, 6) is 2.82. The van der Waals surface area contributed by atoms with Gasteiger partial charge in [-0.05, 0) is 59.7 Å². The summed E-state index contributed by atoms with van der Waals surface area (Å²) in [5.41, 5.74) is 2.26. The number of carbonyl (C=O) groups excluding carboxylic acids is 1. The molecular formula is C24H36FN3O3SSi. The van der Waals surface area contributed by atoms with Crippen LogP contribution in [-0.4, -0.2) is 47.4 Å². The maximum absolute atomic E-state index is 15.1. The Hall–Kier alpha value is -2.18. The van der Waals surface area contributed by atoms with Gasteiger partial charge in [0.25, 0.3) is 0 Å². The lowest BCUT2D eigenvalue weighted by Crippen LogP contribution is -2.57. The molecule has 1 heterocycles. The number of amidine groups is 1. The molecule has 1 aliphatic rings. The lowest BCUT2D eigenvalue weighted by atomic mass is 9.92. The predicted octanol–water partition coefficient (Wildman–Crippen LogP) is 5.08. The molecule has 2 atom stereocenters. The zero-order chi connectivity index (χ0) is 25.5. The van der Waals surface area contributed by atoms with Gasteiger partial charge in [0.2, 0.25) is 0 Å². The lowest BCUT2D eigenvalue weighted by Gasteiger charge is -2.41. The third-order valence-corrected chi connectivity index (χ3v) is 9.45. The Morgan fingerprint density at radius 3 is 2.39 bits per heavy atom. The second kappa shape index (κ2) is 8.88. The highest BCUT2D eigenvalue weighted by molar-refractivity contribution is 7.95. The Morgan fingerprint density at radius 2 is 1.88 bits per heavy atom.